The summed E-state index contributed by atoms with van der Waals surface area (Å²) in [4.78, 5) is 11.3. The van der Waals surface area contributed by atoms with E-state index < -0.39 is 11.5 Å². The molecule has 0 saturated heterocycles. The first-order valence-corrected chi connectivity index (χ1v) is 3.94. The molecule has 1 N–H and O–H groups in total. The maximum absolute atomic E-state index is 13.2. The van der Waals surface area contributed by atoms with Gasteiger partial charge in [-0.05, 0) is 38.1 Å². The molecule has 2 nitrogen and oxygen atoms in total. The zero-order valence-electron chi connectivity index (χ0n) is 7.54. The van der Waals surface area contributed by atoms with Gasteiger partial charge < -0.3 is 5.11 Å². The van der Waals surface area contributed by atoms with Gasteiger partial charge in [-0.2, -0.15) is 0 Å². The summed E-state index contributed by atoms with van der Waals surface area (Å²) in [5, 5.41) is 8.94. The Morgan fingerprint density at radius 3 is 2.15 bits per heavy atom. The summed E-state index contributed by atoms with van der Waals surface area (Å²) in [6, 6.07) is 5.52. The van der Waals surface area contributed by atoms with Crippen molar-refractivity contribution in [3.63, 3.8) is 0 Å². The number of rotatable bonds is 2. The van der Waals surface area contributed by atoms with Crippen molar-refractivity contribution >= 4 is 5.78 Å². The number of benzene rings is 1. The van der Waals surface area contributed by atoms with E-state index in [1.54, 1.807) is 0 Å². The number of halogens is 1. The van der Waals surface area contributed by atoms with E-state index in [1.807, 2.05) is 0 Å². The van der Waals surface area contributed by atoms with Gasteiger partial charge >= 0.3 is 0 Å². The summed E-state index contributed by atoms with van der Waals surface area (Å²) in [7, 11) is 0. The number of alkyl halides is 1. The van der Waals surface area contributed by atoms with Crippen molar-refractivity contribution in [2.45, 2.75) is 19.5 Å². The van der Waals surface area contributed by atoms with Crippen molar-refractivity contribution in [3.05, 3.63) is 29.8 Å². The molecule has 0 aliphatic heterocycles. The van der Waals surface area contributed by atoms with Gasteiger partial charge in [0.15, 0.2) is 11.5 Å². The predicted molar refractivity (Wildman–Crippen MR) is 47.6 cm³/mol. The first kappa shape index (κ1) is 9.71. The lowest BCUT2D eigenvalue weighted by Crippen LogP contribution is -2.25. The molecule has 0 radical (unpaired) electrons. The Balaban J connectivity index is 2.97. The van der Waals surface area contributed by atoms with Crippen LogP contribution in [-0.4, -0.2) is 16.6 Å². The summed E-state index contributed by atoms with van der Waals surface area (Å²) in [5.41, 5.74) is -1.60. The first-order chi connectivity index (χ1) is 5.91. The van der Waals surface area contributed by atoms with E-state index in [1.165, 1.54) is 38.1 Å². The van der Waals surface area contributed by atoms with Crippen LogP contribution in [0, 0.1) is 0 Å². The van der Waals surface area contributed by atoms with Crippen molar-refractivity contribution in [3.8, 4) is 5.75 Å². The molecule has 0 bridgehead atoms. The van der Waals surface area contributed by atoms with E-state index in [0.717, 1.165) is 0 Å². The third-order valence-electron chi connectivity index (χ3n) is 1.67. The third-order valence-corrected chi connectivity index (χ3v) is 1.67. The molecule has 0 fully saturated rings. The largest absolute Gasteiger partial charge is 0.508 e. The van der Waals surface area contributed by atoms with Crippen molar-refractivity contribution in [2.75, 3.05) is 0 Å². The fourth-order valence-electron chi connectivity index (χ4n) is 0.956. The molecule has 1 aromatic rings. The zero-order chi connectivity index (χ0) is 10.1. The highest BCUT2D eigenvalue weighted by Crippen LogP contribution is 2.18. The van der Waals surface area contributed by atoms with Crippen LogP contribution in [0.4, 0.5) is 4.39 Å². The van der Waals surface area contributed by atoms with E-state index in [0.29, 0.717) is 0 Å². The normalized spacial score (nSPS) is 11.3. The maximum atomic E-state index is 13.2. The molecule has 0 spiro atoms. The summed E-state index contributed by atoms with van der Waals surface area (Å²) < 4.78 is 13.2. The van der Waals surface area contributed by atoms with E-state index in [4.69, 9.17) is 5.11 Å². The molecule has 0 aliphatic rings. The Morgan fingerprint density at radius 2 is 1.77 bits per heavy atom. The molecule has 0 atom stereocenters. The third kappa shape index (κ3) is 2.28. The van der Waals surface area contributed by atoms with Crippen molar-refractivity contribution < 1.29 is 14.3 Å². The number of hydrogen-bond acceptors (Lipinski definition) is 2. The number of aromatic hydroxyl groups is 1. The lowest BCUT2D eigenvalue weighted by Gasteiger charge is -2.11. The Bertz CT molecular complexity index is 309. The average molecular weight is 182 g/mol. The molecule has 0 heterocycles. The van der Waals surface area contributed by atoms with E-state index in [9.17, 15) is 9.18 Å². The SMILES string of the molecule is CC(C)(F)C(=O)c1ccc(O)cc1. The van der Waals surface area contributed by atoms with Crippen LogP contribution in [0.3, 0.4) is 0 Å². The van der Waals surface area contributed by atoms with Gasteiger partial charge in [0.25, 0.3) is 0 Å². The van der Waals surface area contributed by atoms with Crippen molar-refractivity contribution in [1.82, 2.24) is 0 Å². The molecule has 1 aromatic carbocycles. The van der Waals surface area contributed by atoms with Crippen LogP contribution in [0.2, 0.25) is 0 Å². The maximum Gasteiger partial charge on any atom is 0.199 e. The summed E-state index contributed by atoms with van der Waals surface area (Å²) >= 11 is 0. The van der Waals surface area contributed by atoms with Crippen LogP contribution in [0.15, 0.2) is 24.3 Å². The highest BCUT2D eigenvalue weighted by Gasteiger charge is 2.27. The standard InChI is InChI=1S/C10H11FO2/c1-10(2,11)9(13)7-3-5-8(12)6-4-7/h3-6,12H,1-2H3. The van der Waals surface area contributed by atoms with Gasteiger partial charge in [-0.1, -0.05) is 0 Å². The van der Waals surface area contributed by atoms with E-state index in [2.05, 4.69) is 0 Å². The smallest absolute Gasteiger partial charge is 0.199 e. The Morgan fingerprint density at radius 1 is 1.31 bits per heavy atom. The molecule has 13 heavy (non-hydrogen) atoms. The summed E-state index contributed by atoms with van der Waals surface area (Å²) in [6.07, 6.45) is 0. The van der Waals surface area contributed by atoms with Gasteiger partial charge in [-0.15, -0.1) is 0 Å². The fourth-order valence-corrected chi connectivity index (χ4v) is 0.956. The van der Waals surface area contributed by atoms with E-state index in [-0.39, 0.29) is 11.3 Å². The van der Waals surface area contributed by atoms with Gasteiger partial charge in [0.1, 0.15) is 5.75 Å². The van der Waals surface area contributed by atoms with Crippen LogP contribution in [0.25, 0.3) is 0 Å². The van der Waals surface area contributed by atoms with Crippen LogP contribution < -0.4 is 0 Å². The molecular formula is C10H11FO2. The Kier molecular flexibility index (Phi) is 2.36. The Labute approximate surface area is 76.0 Å². The lowest BCUT2D eigenvalue weighted by atomic mass is 9.98. The highest BCUT2D eigenvalue weighted by molar-refractivity contribution is 6.01. The molecule has 3 heteroatoms. The number of phenolic OH excluding ortho intramolecular Hbond substituents is 1. The number of ketones is 1. The number of carbonyl (C=O) groups is 1. The molecule has 0 aliphatic carbocycles. The molecule has 0 saturated carbocycles. The number of hydrogen-bond donors (Lipinski definition) is 1. The second kappa shape index (κ2) is 3.17. The minimum absolute atomic E-state index is 0.0632. The van der Waals surface area contributed by atoms with Crippen molar-refractivity contribution in [1.29, 1.82) is 0 Å². The number of phenols is 1. The number of carbonyl (C=O) groups excluding carboxylic acids is 1. The second-order valence-corrected chi connectivity index (χ2v) is 3.35. The minimum Gasteiger partial charge on any atom is -0.508 e. The van der Waals surface area contributed by atoms with Gasteiger partial charge in [-0.25, -0.2) is 4.39 Å². The fraction of sp³-hybridized carbons (Fsp3) is 0.300. The van der Waals surface area contributed by atoms with Gasteiger partial charge in [0, 0.05) is 5.56 Å². The van der Waals surface area contributed by atoms with Gasteiger partial charge in [0.2, 0.25) is 0 Å². The molecular weight excluding hydrogens is 171 g/mol. The van der Waals surface area contributed by atoms with Crippen molar-refractivity contribution in [2.24, 2.45) is 0 Å². The van der Waals surface area contributed by atoms with Crippen LogP contribution >= 0.6 is 0 Å². The quantitative estimate of drug-likeness (QED) is 0.712. The monoisotopic (exact) mass is 182 g/mol. The minimum atomic E-state index is -1.86. The predicted octanol–water partition coefficient (Wildman–Crippen LogP) is 2.32. The zero-order valence-corrected chi connectivity index (χ0v) is 7.54. The lowest BCUT2D eigenvalue weighted by molar-refractivity contribution is 0.0760. The van der Waals surface area contributed by atoms with Crippen LogP contribution in [0.5, 0.6) is 5.75 Å². The average Bonchev–Trinajstić information content (AvgIpc) is 2.03. The van der Waals surface area contributed by atoms with Crippen LogP contribution in [0.1, 0.15) is 24.2 Å². The molecule has 70 valence electrons. The molecule has 0 amide bonds. The van der Waals surface area contributed by atoms with Crippen LogP contribution in [-0.2, 0) is 0 Å². The Hall–Kier alpha value is -1.38. The van der Waals surface area contributed by atoms with Gasteiger partial charge in [-0.3, -0.25) is 4.79 Å². The topological polar surface area (TPSA) is 37.3 Å². The van der Waals surface area contributed by atoms with Gasteiger partial charge in [0.05, 0.1) is 0 Å². The first-order valence-electron chi connectivity index (χ1n) is 3.94. The highest BCUT2D eigenvalue weighted by atomic mass is 19.1. The number of Topliss-reactive ketones (excluding diaryl/α,β-unsaturated/α-hetero) is 1. The molecule has 0 unspecified atom stereocenters. The summed E-state index contributed by atoms with van der Waals surface area (Å²) in [5.74, 6) is -0.513. The molecule has 0 aromatic heterocycles. The summed E-state index contributed by atoms with van der Waals surface area (Å²) in [6.45, 7) is 2.42. The molecule has 1 rings (SSSR count). The second-order valence-electron chi connectivity index (χ2n) is 3.35. The van der Waals surface area contributed by atoms with E-state index >= 15 is 0 Å².